The Balaban J connectivity index is 3.23. The summed E-state index contributed by atoms with van der Waals surface area (Å²) in [7, 11) is 0. The van der Waals surface area contributed by atoms with Crippen LogP contribution in [-0.2, 0) is 5.11 Å². The highest BCUT2D eigenvalue weighted by Gasteiger charge is 2.13. The van der Waals surface area contributed by atoms with Gasteiger partial charge in [-0.05, 0) is 12.1 Å². The SMILES string of the molecule is Nc1ccc([O])c([N+](=O)[O-])c1. The third kappa shape index (κ3) is 1.37. The first-order valence-corrected chi connectivity index (χ1v) is 2.82. The van der Waals surface area contributed by atoms with Crippen molar-refractivity contribution in [2.24, 2.45) is 0 Å². The van der Waals surface area contributed by atoms with Crippen LogP contribution in [-0.4, -0.2) is 4.92 Å². The Morgan fingerprint density at radius 2 is 2.09 bits per heavy atom. The summed E-state index contributed by atoms with van der Waals surface area (Å²) < 4.78 is 0. The van der Waals surface area contributed by atoms with Crippen molar-refractivity contribution < 1.29 is 10.0 Å². The van der Waals surface area contributed by atoms with Gasteiger partial charge in [-0.3, -0.25) is 15.2 Å². The Morgan fingerprint density at radius 1 is 1.45 bits per heavy atom. The van der Waals surface area contributed by atoms with E-state index in [1.165, 1.54) is 6.07 Å². The fourth-order valence-electron chi connectivity index (χ4n) is 0.677. The first-order valence-electron chi connectivity index (χ1n) is 2.82. The molecule has 0 aliphatic rings. The molecule has 0 aliphatic carbocycles. The molecule has 1 aromatic rings. The number of nitro groups is 1. The maximum absolute atomic E-state index is 10.7. The van der Waals surface area contributed by atoms with Gasteiger partial charge in [0, 0.05) is 11.8 Å². The monoisotopic (exact) mass is 153 g/mol. The topological polar surface area (TPSA) is 89.1 Å². The predicted molar refractivity (Wildman–Crippen MR) is 37.6 cm³/mol. The van der Waals surface area contributed by atoms with Crippen molar-refractivity contribution in [1.82, 2.24) is 0 Å². The summed E-state index contributed by atoms with van der Waals surface area (Å²) in [6, 6.07) is 3.45. The van der Waals surface area contributed by atoms with Gasteiger partial charge >= 0.3 is 5.69 Å². The summed E-state index contributed by atoms with van der Waals surface area (Å²) in [6.45, 7) is 0. The van der Waals surface area contributed by atoms with Gasteiger partial charge in [0.25, 0.3) is 5.75 Å². The molecule has 0 aliphatic heterocycles. The molecule has 0 saturated carbocycles. The maximum atomic E-state index is 10.7. The average molecular weight is 153 g/mol. The zero-order chi connectivity index (χ0) is 8.43. The van der Waals surface area contributed by atoms with Crippen LogP contribution < -0.4 is 5.73 Å². The number of hydrogen-bond acceptors (Lipinski definition) is 3. The lowest BCUT2D eigenvalue weighted by Crippen LogP contribution is -1.90. The number of hydrogen-bond donors (Lipinski definition) is 1. The van der Waals surface area contributed by atoms with E-state index >= 15 is 0 Å². The summed E-state index contributed by atoms with van der Waals surface area (Å²) >= 11 is 0. The molecule has 1 radical (unpaired) electrons. The van der Waals surface area contributed by atoms with Crippen molar-refractivity contribution in [3.63, 3.8) is 0 Å². The smallest absolute Gasteiger partial charge is 0.318 e. The highest BCUT2D eigenvalue weighted by atomic mass is 16.6. The van der Waals surface area contributed by atoms with E-state index in [0.29, 0.717) is 0 Å². The number of nitrogen functional groups attached to an aromatic ring is 1. The minimum absolute atomic E-state index is 0.219. The number of nitro benzene ring substituents is 1. The van der Waals surface area contributed by atoms with Crippen molar-refractivity contribution in [3.05, 3.63) is 28.3 Å². The van der Waals surface area contributed by atoms with Gasteiger partial charge in [-0.1, -0.05) is 0 Å². The van der Waals surface area contributed by atoms with Gasteiger partial charge in [-0.15, -0.1) is 0 Å². The van der Waals surface area contributed by atoms with Crippen LogP contribution >= 0.6 is 0 Å². The van der Waals surface area contributed by atoms with Gasteiger partial charge in [0.1, 0.15) is 0 Å². The Hall–Kier alpha value is -1.78. The van der Waals surface area contributed by atoms with Crippen LogP contribution in [0, 0.1) is 10.1 Å². The number of rotatable bonds is 1. The number of anilines is 1. The molecule has 0 unspecified atom stereocenters. The molecule has 0 aromatic heterocycles. The van der Waals surface area contributed by atoms with Gasteiger partial charge < -0.3 is 5.73 Å². The van der Waals surface area contributed by atoms with Crippen molar-refractivity contribution in [2.45, 2.75) is 0 Å². The van der Waals surface area contributed by atoms with Crippen LogP contribution in [0.4, 0.5) is 11.4 Å². The van der Waals surface area contributed by atoms with E-state index in [1.54, 1.807) is 0 Å². The molecular weight excluding hydrogens is 148 g/mol. The Labute approximate surface area is 62.2 Å². The summed E-state index contributed by atoms with van der Waals surface area (Å²) in [6.07, 6.45) is 0. The first kappa shape index (κ1) is 7.33. The molecule has 1 aromatic carbocycles. The molecule has 0 saturated heterocycles. The summed E-state index contributed by atoms with van der Waals surface area (Å²) in [5.74, 6) is -0.621. The highest BCUT2D eigenvalue weighted by Crippen LogP contribution is 2.27. The normalized spacial score (nSPS) is 9.45. The molecule has 1 rings (SSSR count). The van der Waals surface area contributed by atoms with Crippen molar-refractivity contribution in [1.29, 1.82) is 0 Å². The molecule has 0 spiro atoms. The average Bonchev–Trinajstić information content (AvgIpc) is 1.94. The molecule has 0 fully saturated rings. The second-order valence-electron chi connectivity index (χ2n) is 1.98. The molecule has 0 amide bonds. The van der Waals surface area contributed by atoms with Crippen molar-refractivity contribution in [2.75, 3.05) is 5.73 Å². The number of nitrogens with zero attached hydrogens (tertiary/aromatic N) is 1. The largest absolute Gasteiger partial charge is 0.399 e. The van der Waals surface area contributed by atoms with Crippen LogP contribution in [0.5, 0.6) is 5.75 Å². The lowest BCUT2D eigenvalue weighted by atomic mass is 10.2. The van der Waals surface area contributed by atoms with E-state index in [2.05, 4.69) is 0 Å². The van der Waals surface area contributed by atoms with Crippen LogP contribution in [0.2, 0.25) is 0 Å². The molecular formula is C6H5N2O3. The number of nitrogens with two attached hydrogens (primary N) is 1. The standard InChI is InChI=1S/C6H5N2O3/c7-4-1-2-6(9)5(3-4)8(10)11/h1-3H,7H2. The van der Waals surface area contributed by atoms with E-state index in [1.807, 2.05) is 0 Å². The van der Waals surface area contributed by atoms with E-state index in [4.69, 9.17) is 5.73 Å². The van der Waals surface area contributed by atoms with E-state index in [-0.39, 0.29) is 5.69 Å². The zero-order valence-electron chi connectivity index (χ0n) is 5.48. The van der Waals surface area contributed by atoms with Crippen LogP contribution in [0.25, 0.3) is 0 Å². The Kier molecular flexibility index (Phi) is 1.63. The Morgan fingerprint density at radius 3 is 2.55 bits per heavy atom. The fraction of sp³-hybridized carbons (Fsp3) is 0. The van der Waals surface area contributed by atoms with Gasteiger partial charge in [0.2, 0.25) is 0 Å². The van der Waals surface area contributed by atoms with Crippen LogP contribution in [0.15, 0.2) is 18.2 Å². The molecule has 0 heterocycles. The maximum Gasteiger partial charge on any atom is 0.318 e. The Bertz CT molecular complexity index is 298. The molecule has 11 heavy (non-hydrogen) atoms. The molecule has 57 valence electrons. The molecule has 2 N–H and O–H groups in total. The minimum atomic E-state index is -0.751. The van der Waals surface area contributed by atoms with Crippen molar-refractivity contribution in [3.8, 4) is 5.75 Å². The second kappa shape index (κ2) is 2.45. The van der Waals surface area contributed by atoms with Gasteiger partial charge in [0.15, 0.2) is 0 Å². The molecule has 0 atom stereocenters. The number of benzene rings is 1. The molecule has 0 bridgehead atoms. The van der Waals surface area contributed by atoms with Gasteiger partial charge in [-0.25, -0.2) is 0 Å². The quantitative estimate of drug-likeness (QED) is 0.374. The van der Waals surface area contributed by atoms with Gasteiger partial charge in [0.05, 0.1) is 4.92 Å². The summed E-state index contributed by atoms with van der Waals surface area (Å²) in [5, 5.41) is 20.8. The molecule has 5 heteroatoms. The second-order valence-corrected chi connectivity index (χ2v) is 1.98. The predicted octanol–water partition coefficient (Wildman–Crippen LogP) is 1.32. The third-order valence-electron chi connectivity index (χ3n) is 1.18. The van der Waals surface area contributed by atoms with Crippen LogP contribution in [0.3, 0.4) is 0 Å². The zero-order valence-corrected chi connectivity index (χ0v) is 5.48. The first-order chi connectivity index (χ1) is 5.11. The van der Waals surface area contributed by atoms with Crippen molar-refractivity contribution >= 4 is 11.4 Å². The van der Waals surface area contributed by atoms with E-state index < -0.39 is 16.4 Å². The fourth-order valence-corrected chi connectivity index (χ4v) is 0.677. The lowest BCUT2D eigenvalue weighted by Gasteiger charge is -1.93. The van der Waals surface area contributed by atoms with E-state index in [9.17, 15) is 15.2 Å². The van der Waals surface area contributed by atoms with Crippen LogP contribution in [0.1, 0.15) is 0 Å². The lowest BCUT2D eigenvalue weighted by molar-refractivity contribution is -0.386. The molecule has 5 nitrogen and oxygen atoms in total. The summed E-state index contributed by atoms with van der Waals surface area (Å²) in [5.41, 5.74) is 4.96. The highest BCUT2D eigenvalue weighted by molar-refractivity contribution is 5.55. The van der Waals surface area contributed by atoms with E-state index in [0.717, 1.165) is 12.1 Å². The minimum Gasteiger partial charge on any atom is -0.399 e. The third-order valence-corrected chi connectivity index (χ3v) is 1.18. The van der Waals surface area contributed by atoms with Gasteiger partial charge in [-0.2, -0.15) is 0 Å². The summed E-state index contributed by atoms with van der Waals surface area (Å²) in [4.78, 5) is 9.37.